The molecule has 1 amide bonds. The van der Waals surface area contributed by atoms with Crippen LogP contribution in [0.5, 0.6) is 0 Å². The van der Waals surface area contributed by atoms with Crippen LogP contribution < -0.4 is 11.5 Å². The predicted molar refractivity (Wildman–Crippen MR) is 65.8 cm³/mol. The standard InChI is InChI=1S/C13H20N2O/c1-10-6-8-11(9-7-10)12(14)4-2-3-5-13(15)16/h6-9,12H,2-5,14H2,1H3,(H2,15,16). The second kappa shape index (κ2) is 6.28. The number of amides is 1. The van der Waals surface area contributed by atoms with Crippen LogP contribution in [0.4, 0.5) is 0 Å². The van der Waals surface area contributed by atoms with Crippen molar-refractivity contribution in [3.63, 3.8) is 0 Å². The fourth-order valence-corrected chi connectivity index (χ4v) is 1.64. The van der Waals surface area contributed by atoms with Crippen molar-refractivity contribution in [1.29, 1.82) is 0 Å². The van der Waals surface area contributed by atoms with Gasteiger partial charge in [-0.15, -0.1) is 0 Å². The molecular weight excluding hydrogens is 200 g/mol. The Morgan fingerprint density at radius 2 is 1.88 bits per heavy atom. The van der Waals surface area contributed by atoms with Crippen LogP contribution in [-0.4, -0.2) is 5.91 Å². The van der Waals surface area contributed by atoms with Crippen molar-refractivity contribution in [3.8, 4) is 0 Å². The minimum absolute atomic E-state index is 0.0634. The number of carbonyl (C=O) groups is 1. The van der Waals surface area contributed by atoms with E-state index in [-0.39, 0.29) is 11.9 Å². The summed E-state index contributed by atoms with van der Waals surface area (Å²) in [6.07, 6.45) is 3.13. The third-order valence-electron chi connectivity index (χ3n) is 2.69. The molecule has 1 aromatic rings. The second-order valence-electron chi connectivity index (χ2n) is 4.23. The molecule has 0 aliphatic rings. The molecule has 1 unspecified atom stereocenters. The lowest BCUT2D eigenvalue weighted by Gasteiger charge is -2.11. The van der Waals surface area contributed by atoms with Gasteiger partial charge in [0.1, 0.15) is 0 Å². The highest BCUT2D eigenvalue weighted by molar-refractivity contribution is 5.73. The monoisotopic (exact) mass is 220 g/mol. The summed E-state index contributed by atoms with van der Waals surface area (Å²) < 4.78 is 0. The molecule has 0 fully saturated rings. The Balaban J connectivity index is 2.32. The van der Waals surface area contributed by atoms with Gasteiger partial charge in [0.15, 0.2) is 0 Å². The van der Waals surface area contributed by atoms with Gasteiger partial charge in [-0.1, -0.05) is 36.2 Å². The molecule has 0 saturated heterocycles. The molecule has 4 N–H and O–H groups in total. The lowest BCUT2D eigenvalue weighted by Crippen LogP contribution is -2.12. The molecule has 3 heteroatoms. The highest BCUT2D eigenvalue weighted by Crippen LogP contribution is 2.17. The maximum Gasteiger partial charge on any atom is 0.217 e. The van der Waals surface area contributed by atoms with E-state index in [0.29, 0.717) is 6.42 Å². The molecule has 0 spiro atoms. The average Bonchev–Trinajstić information content (AvgIpc) is 2.25. The first kappa shape index (κ1) is 12.7. The van der Waals surface area contributed by atoms with Crippen LogP contribution >= 0.6 is 0 Å². The maximum absolute atomic E-state index is 10.5. The number of primary amides is 1. The van der Waals surface area contributed by atoms with Crippen molar-refractivity contribution >= 4 is 5.91 Å². The van der Waals surface area contributed by atoms with Crippen molar-refractivity contribution in [2.45, 2.75) is 38.6 Å². The Kier molecular flexibility index (Phi) is 4.99. The fourth-order valence-electron chi connectivity index (χ4n) is 1.64. The van der Waals surface area contributed by atoms with Gasteiger partial charge >= 0.3 is 0 Å². The number of benzene rings is 1. The van der Waals surface area contributed by atoms with Gasteiger partial charge in [0.25, 0.3) is 0 Å². The average molecular weight is 220 g/mol. The van der Waals surface area contributed by atoms with E-state index in [1.54, 1.807) is 0 Å². The Morgan fingerprint density at radius 1 is 1.25 bits per heavy atom. The zero-order chi connectivity index (χ0) is 12.0. The normalized spacial score (nSPS) is 12.4. The predicted octanol–water partition coefficient (Wildman–Crippen LogP) is 2.04. The molecule has 0 radical (unpaired) electrons. The zero-order valence-corrected chi connectivity index (χ0v) is 9.78. The Bertz CT molecular complexity index is 332. The number of hydrogen-bond donors (Lipinski definition) is 2. The number of aryl methyl sites for hydroxylation is 1. The topological polar surface area (TPSA) is 69.1 Å². The van der Waals surface area contributed by atoms with Crippen LogP contribution in [0.25, 0.3) is 0 Å². The molecule has 1 rings (SSSR count). The van der Waals surface area contributed by atoms with Gasteiger partial charge < -0.3 is 11.5 Å². The number of hydrogen-bond acceptors (Lipinski definition) is 2. The van der Waals surface area contributed by atoms with E-state index in [2.05, 4.69) is 31.2 Å². The summed E-state index contributed by atoms with van der Waals surface area (Å²) in [5.41, 5.74) is 13.5. The molecule has 1 atom stereocenters. The first-order valence-corrected chi connectivity index (χ1v) is 5.70. The second-order valence-corrected chi connectivity index (χ2v) is 4.23. The highest BCUT2D eigenvalue weighted by Gasteiger charge is 2.05. The van der Waals surface area contributed by atoms with E-state index < -0.39 is 0 Å². The minimum atomic E-state index is -0.232. The van der Waals surface area contributed by atoms with Crippen molar-refractivity contribution < 1.29 is 4.79 Å². The smallest absolute Gasteiger partial charge is 0.217 e. The van der Waals surface area contributed by atoms with Gasteiger partial charge in [-0.05, 0) is 25.3 Å². The third-order valence-corrected chi connectivity index (χ3v) is 2.69. The van der Waals surface area contributed by atoms with Crippen LogP contribution in [-0.2, 0) is 4.79 Å². The van der Waals surface area contributed by atoms with Gasteiger partial charge in [0.05, 0.1) is 0 Å². The lowest BCUT2D eigenvalue weighted by atomic mass is 10.0. The highest BCUT2D eigenvalue weighted by atomic mass is 16.1. The van der Waals surface area contributed by atoms with Gasteiger partial charge in [-0.3, -0.25) is 4.79 Å². The van der Waals surface area contributed by atoms with Gasteiger partial charge in [-0.25, -0.2) is 0 Å². The SMILES string of the molecule is Cc1ccc(C(N)CCCCC(N)=O)cc1. The van der Waals surface area contributed by atoms with Crippen molar-refractivity contribution in [2.24, 2.45) is 11.5 Å². The number of carbonyl (C=O) groups excluding carboxylic acids is 1. The molecular formula is C13H20N2O. The van der Waals surface area contributed by atoms with Crippen LogP contribution in [0.3, 0.4) is 0 Å². The summed E-state index contributed by atoms with van der Waals surface area (Å²) >= 11 is 0. The zero-order valence-electron chi connectivity index (χ0n) is 9.78. The summed E-state index contributed by atoms with van der Waals surface area (Å²) in [6, 6.07) is 8.33. The lowest BCUT2D eigenvalue weighted by molar-refractivity contribution is -0.118. The first-order valence-electron chi connectivity index (χ1n) is 5.70. The fraction of sp³-hybridized carbons (Fsp3) is 0.462. The quantitative estimate of drug-likeness (QED) is 0.720. The van der Waals surface area contributed by atoms with E-state index in [0.717, 1.165) is 24.8 Å². The van der Waals surface area contributed by atoms with Gasteiger partial charge in [0.2, 0.25) is 5.91 Å². The Labute approximate surface area is 96.8 Å². The number of unbranched alkanes of at least 4 members (excludes halogenated alkanes) is 1. The molecule has 1 aromatic carbocycles. The van der Waals surface area contributed by atoms with Crippen molar-refractivity contribution in [3.05, 3.63) is 35.4 Å². The van der Waals surface area contributed by atoms with Crippen LogP contribution in [0.1, 0.15) is 42.9 Å². The summed E-state index contributed by atoms with van der Waals surface area (Å²) in [7, 11) is 0. The van der Waals surface area contributed by atoms with Crippen LogP contribution in [0, 0.1) is 6.92 Å². The molecule has 0 aliphatic carbocycles. The van der Waals surface area contributed by atoms with E-state index in [9.17, 15) is 4.79 Å². The van der Waals surface area contributed by atoms with Crippen molar-refractivity contribution in [2.75, 3.05) is 0 Å². The van der Waals surface area contributed by atoms with E-state index >= 15 is 0 Å². The van der Waals surface area contributed by atoms with Crippen molar-refractivity contribution in [1.82, 2.24) is 0 Å². The summed E-state index contributed by atoms with van der Waals surface area (Å²) in [5.74, 6) is -0.232. The molecule has 0 aromatic heterocycles. The summed E-state index contributed by atoms with van der Waals surface area (Å²) in [6.45, 7) is 2.06. The number of nitrogens with two attached hydrogens (primary N) is 2. The molecule has 0 aliphatic heterocycles. The maximum atomic E-state index is 10.5. The molecule has 16 heavy (non-hydrogen) atoms. The van der Waals surface area contributed by atoms with Gasteiger partial charge in [-0.2, -0.15) is 0 Å². The summed E-state index contributed by atoms with van der Waals surface area (Å²) in [5, 5.41) is 0. The molecule has 88 valence electrons. The summed E-state index contributed by atoms with van der Waals surface area (Å²) in [4.78, 5) is 10.5. The van der Waals surface area contributed by atoms with E-state index in [1.807, 2.05) is 0 Å². The molecule has 3 nitrogen and oxygen atoms in total. The Hall–Kier alpha value is -1.35. The van der Waals surface area contributed by atoms with Gasteiger partial charge in [0, 0.05) is 12.5 Å². The first-order chi connectivity index (χ1) is 7.59. The van der Waals surface area contributed by atoms with E-state index in [4.69, 9.17) is 11.5 Å². The van der Waals surface area contributed by atoms with E-state index in [1.165, 1.54) is 5.56 Å². The largest absolute Gasteiger partial charge is 0.370 e. The Morgan fingerprint density at radius 3 is 2.44 bits per heavy atom. The van der Waals surface area contributed by atoms with Crippen LogP contribution in [0.15, 0.2) is 24.3 Å². The molecule has 0 heterocycles. The molecule has 0 saturated carbocycles. The third kappa shape index (κ3) is 4.45. The number of rotatable bonds is 6. The van der Waals surface area contributed by atoms with Crippen LogP contribution in [0.2, 0.25) is 0 Å². The minimum Gasteiger partial charge on any atom is -0.370 e. The molecule has 0 bridgehead atoms.